The van der Waals surface area contributed by atoms with Crippen molar-refractivity contribution in [2.45, 2.75) is 13.1 Å². The summed E-state index contributed by atoms with van der Waals surface area (Å²) in [5, 5.41) is 2.39. The van der Waals surface area contributed by atoms with E-state index in [4.69, 9.17) is 5.73 Å². The van der Waals surface area contributed by atoms with E-state index in [1.165, 1.54) is 6.92 Å². The third-order valence-corrected chi connectivity index (χ3v) is 1.88. The van der Waals surface area contributed by atoms with Gasteiger partial charge in [0.15, 0.2) is 0 Å². The number of pyridine rings is 1. The first-order chi connectivity index (χ1) is 8.30. The number of aromatic nitrogens is 1. The van der Waals surface area contributed by atoms with Crippen LogP contribution in [0.3, 0.4) is 0 Å². The molecule has 0 saturated carbocycles. The Labute approximate surface area is 101 Å². The molecule has 0 aliphatic heterocycles. The number of alkyl halides is 3. The van der Waals surface area contributed by atoms with Crippen LogP contribution in [0.1, 0.15) is 18.1 Å². The van der Waals surface area contributed by atoms with Crippen LogP contribution in [-0.2, 0) is 11.0 Å². The van der Waals surface area contributed by atoms with E-state index in [1.807, 2.05) is 0 Å². The Morgan fingerprint density at radius 3 is 2.78 bits per heavy atom. The molecule has 0 atom stereocenters. The fourth-order valence-electron chi connectivity index (χ4n) is 1.09. The number of rotatable bonds is 1. The van der Waals surface area contributed by atoms with Crippen LogP contribution in [0.2, 0.25) is 0 Å². The molecule has 0 saturated heterocycles. The van der Waals surface area contributed by atoms with Crippen molar-refractivity contribution in [3.63, 3.8) is 0 Å². The number of nitrogens with one attached hydrogen (secondary N) is 1. The van der Waals surface area contributed by atoms with E-state index < -0.39 is 17.6 Å². The van der Waals surface area contributed by atoms with Gasteiger partial charge >= 0.3 is 6.18 Å². The summed E-state index contributed by atoms with van der Waals surface area (Å²) in [6, 6.07) is 0.823. The minimum atomic E-state index is -4.56. The van der Waals surface area contributed by atoms with Gasteiger partial charge in [-0.1, -0.05) is 11.8 Å². The van der Waals surface area contributed by atoms with Crippen molar-refractivity contribution in [1.82, 2.24) is 10.3 Å². The lowest BCUT2D eigenvalue weighted by atomic mass is 10.2. The number of nitrogen functional groups attached to an aromatic ring is 1. The van der Waals surface area contributed by atoms with Gasteiger partial charge in [0.1, 0.15) is 5.82 Å². The van der Waals surface area contributed by atoms with Crippen molar-refractivity contribution in [1.29, 1.82) is 0 Å². The maximum atomic E-state index is 12.5. The predicted molar refractivity (Wildman–Crippen MR) is 59.2 cm³/mol. The Balaban J connectivity index is 2.89. The first-order valence-corrected chi connectivity index (χ1v) is 4.86. The standard InChI is InChI=1S/C11H10F3N3O/c1-7(18)16-4-2-3-8-5-9(11(12,13)14)10(15)17-6-8/h5-6H,4H2,1H3,(H2,15,17)(H,16,18). The Morgan fingerprint density at radius 1 is 1.56 bits per heavy atom. The topological polar surface area (TPSA) is 68.0 Å². The van der Waals surface area contributed by atoms with Crippen molar-refractivity contribution in [3.05, 3.63) is 23.4 Å². The first-order valence-electron chi connectivity index (χ1n) is 4.86. The third kappa shape index (κ3) is 3.97. The summed E-state index contributed by atoms with van der Waals surface area (Å²) < 4.78 is 37.5. The van der Waals surface area contributed by atoms with Crippen LogP contribution in [0.25, 0.3) is 0 Å². The molecule has 7 heteroatoms. The van der Waals surface area contributed by atoms with Gasteiger partial charge in [0.05, 0.1) is 12.1 Å². The molecule has 0 radical (unpaired) electrons. The van der Waals surface area contributed by atoms with E-state index in [1.54, 1.807) is 0 Å². The Morgan fingerprint density at radius 2 is 2.22 bits per heavy atom. The van der Waals surface area contributed by atoms with Crippen LogP contribution < -0.4 is 11.1 Å². The number of carbonyl (C=O) groups is 1. The second-order valence-corrected chi connectivity index (χ2v) is 3.37. The predicted octanol–water partition coefficient (Wildman–Crippen LogP) is 1.17. The molecule has 4 nitrogen and oxygen atoms in total. The summed E-state index contributed by atoms with van der Waals surface area (Å²) in [6.07, 6.45) is -3.42. The van der Waals surface area contributed by atoms with Gasteiger partial charge in [0, 0.05) is 18.7 Å². The molecule has 1 heterocycles. The second-order valence-electron chi connectivity index (χ2n) is 3.37. The summed E-state index contributed by atoms with van der Waals surface area (Å²) in [5.74, 6) is 4.10. The number of hydrogen-bond donors (Lipinski definition) is 2. The summed E-state index contributed by atoms with van der Waals surface area (Å²) in [5.41, 5.74) is 4.20. The van der Waals surface area contributed by atoms with E-state index in [0.29, 0.717) is 0 Å². The molecule has 0 aliphatic carbocycles. The smallest absolute Gasteiger partial charge is 0.383 e. The van der Waals surface area contributed by atoms with Crippen LogP contribution in [0.5, 0.6) is 0 Å². The van der Waals surface area contributed by atoms with Crippen molar-refractivity contribution < 1.29 is 18.0 Å². The SMILES string of the molecule is CC(=O)NCC#Cc1cnc(N)c(C(F)(F)F)c1. The summed E-state index contributed by atoms with van der Waals surface area (Å²) in [4.78, 5) is 14.0. The average Bonchev–Trinajstić information content (AvgIpc) is 2.24. The monoisotopic (exact) mass is 257 g/mol. The molecule has 18 heavy (non-hydrogen) atoms. The van der Waals surface area contributed by atoms with E-state index in [2.05, 4.69) is 22.1 Å². The number of carbonyl (C=O) groups excluding carboxylic acids is 1. The van der Waals surface area contributed by atoms with E-state index >= 15 is 0 Å². The van der Waals surface area contributed by atoms with Crippen LogP contribution >= 0.6 is 0 Å². The van der Waals surface area contributed by atoms with Gasteiger partial charge in [0.2, 0.25) is 5.91 Å². The Hall–Kier alpha value is -2.23. The van der Waals surface area contributed by atoms with Crippen molar-refractivity contribution >= 4 is 11.7 Å². The Kier molecular flexibility index (Phi) is 4.15. The third-order valence-electron chi connectivity index (χ3n) is 1.88. The van der Waals surface area contributed by atoms with Crippen LogP contribution in [0.15, 0.2) is 12.3 Å². The molecule has 0 aromatic carbocycles. The van der Waals surface area contributed by atoms with Crippen LogP contribution in [0.4, 0.5) is 19.0 Å². The van der Waals surface area contributed by atoms with Gasteiger partial charge < -0.3 is 11.1 Å². The largest absolute Gasteiger partial charge is 0.419 e. The van der Waals surface area contributed by atoms with Crippen LogP contribution in [-0.4, -0.2) is 17.4 Å². The van der Waals surface area contributed by atoms with E-state index in [0.717, 1.165) is 12.3 Å². The molecule has 0 fully saturated rings. The molecular formula is C11H10F3N3O. The fourth-order valence-corrected chi connectivity index (χ4v) is 1.09. The van der Waals surface area contributed by atoms with Gasteiger partial charge in [0.25, 0.3) is 0 Å². The lowest BCUT2D eigenvalue weighted by Gasteiger charge is -2.08. The van der Waals surface area contributed by atoms with Gasteiger partial charge in [-0.3, -0.25) is 4.79 Å². The molecule has 0 spiro atoms. The normalized spacial score (nSPS) is 10.4. The highest BCUT2D eigenvalue weighted by molar-refractivity contribution is 5.73. The zero-order chi connectivity index (χ0) is 13.8. The lowest BCUT2D eigenvalue weighted by Crippen LogP contribution is -2.19. The molecule has 1 aromatic heterocycles. The minimum absolute atomic E-state index is 0.0566. The second kappa shape index (κ2) is 5.40. The minimum Gasteiger partial charge on any atom is -0.383 e. The van der Waals surface area contributed by atoms with Gasteiger partial charge in [-0.15, -0.1) is 0 Å². The fraction of sp³-hybridized carbons (Fsp3) is 0.273. The molecule has 1 amide bonds. The van der Waals surface area contributed by atoms with E-state index in [-0.39, 0.29) is 18.0 Å². The summed E-state index contributed by atoms with van der Waals surface area (Å²) in [7, 11) is 0. The highest BCUT2D eigenvalue weighted by Crippen LogP contribution is 2.32. The highest BCUT2D eigenvalue weighted by Gasteiger charge is 2.33. The molecule has 96 valence electrons. The number of hydrogen-bond acceptors (Lipinski definition) is 3. The van der Waals surface area contributed by atoms with Gasteiger partial charge in [-0.2, -0.15) is 13.2 Å². The maximum absolute atomic E-state index is 12.5. The van der Waals surface area contributed by atoms with Gasteiger partial charge in [-0.05, 0) is 6.07 Å². The molecule has 1 rings (SSSR count). The lowest BCUT2D eigenvalue weighted by molar-refractivity contribution is -0.137. The number of halogens is 3. The van der Waals surface area contributed by atoms with Crippen molar-refractivity contribution in [2.75, 3.05) is 12.3 Å². The average molecular weight is 257 g/mol. The van der Waals surface area contributed by atoms with Crippen molar-refractivity contribution in [2.24, 2.45) is 0 Å². The van der Waals surface area contributed by atoms with Gasteiger partial charge in [-0.25, -0.2) is 4.98 Å². The molecule has 0 unspecified atom stereocenters. The summed E-state index contributed by atoms with van der Waals surface area (Å²) in [6.45, 7) is 1.37. The highest BCUT2D eigenvalue weighted by atomic mass is 19.4. The number of amides is 1. The molecule has 3 N–H and O–H groups in total. The maximum Gasteiger partial charge on any atom is 0.419 e. The molecule has 0 bridgehead atoms. The number of nitrogens with two attached hydrogens (primary N) is 1. The molecule has 1 aromatic rings. The van der Waals surface area contributed by atoms with E-state index in [9.17, 15) is 18.0 Å². The number of anilines is 1. The Bertz CT molecular complexity index is 514. The quantitative estimate of drug-likeness (QED) is 0.742. The molecule has 0 aliphatic rings. The first kappa shape index (κ1) is 13.8. The zero-order valence-corrected chi connectivity index (χ0v) is 9.43. The zero-order valence-electron chi connectivity index (χ0n) is 9.43. The van der Waals surface area contributed by atoms with Crippen LogP contribution in [0, 0.1) is 11.8 Å². The number of nitrogens with zero attached hydrogens (tertiary/aromatic N) is 1. The summed E-state index contributed by atoms with van der Waals surface area (Å²) >= 11 is 0. The molecular weight excluding hydrogens is 247 g/mol. The van der Waals surface area contributed by atoms with Crippen molar-refractivity contribution in [3.8, 4) is 11.8 Å².